The highest BCUT2D eigenvalue weighted by Gasteiger charge is 2.14. The number of likely N-dealkylation sites (N-methyl/N-ethyl adjacent to an activating group) is 1. The standard InChI is InChI=1S/C13H20ClNO/c1-4-15(11(2)10-16-3)13-8-6-5-7-12(13)9-14/h5-8,11H,4,9-10H2,1-3H3. The molecule has 0 aromatic heterocycles. The van der Waals surface area contributed by atoms with Crippen molar-refractivity contribution >= 4 is 17.3 Å². The zero-order valence-electron chi connectivity index (χ0n) is 10.2. The van der Waals surface area contributed by atoms with Crippen molar-refractivity contribution in [2.75, 3.05) is 25.2 Å². The normalized spacial score (nSPS) is 12.5. The van der Waals surface area contributed by atoms with Gasteiger partial charge in [0.15, 0.2) is 0 Å². The molecule has 0 spiro atoms. The van der Waals surface area contributed by atoms with E-state index >= 15 is 0 Å². The summed E-state index contributed by atoms with van der Waals surface area (Å²) >= 11 is 5.96. The van der Waals surface area contributed by atoms with Crippen molar-refractivity contribution in [1.82, 2.24) is 0 Å². The number of halogens is 1. The van der Waals surface area contributed by atoms with E-state index in [-0.39, 0.29) is 0 Å². The molecule has 16 heavy (non-hydrogen) atoms. The third-order valence-electron chi connectivity index (χ3n) is 2.73. The molecule has 0 radical (unpaired) electrons. The lowest BCUT2D eigenvalue weighted by molar-refractivity contribution is 0.182. The SMILES string of the molecule is CCN(c1ccccc1CCl)C(C)COC. The van der Waals surface area contributed by atoms with Gasteiger partial charge in [0.1, 0.15) is 0 Å². The summed E-state index contributed by atoms with van der Waals surface area (Å²) in [6.45, 7) is 6.00. The average Bonchev–Trinajstić information content (AvgIpc) is 2.31. The Balaban J connectivity index is 2.93. The van der Waals surface area contributed by atoms with Crippen molar-refractivity contribution in [3.63, 3.8) is 0 Å². The molecule has 0 bridgehead atoms. The molecule has 0 N–H and O–H groups in total. The second kappa shape index (κ2) is 6.77. The van der Waals surface area contributed by atoms with Gasteiger partial charge in [-0.05, 0) is 25.5 Å². The van der Waals surface area contributed by atoms with E-state index in [1.807, 2.05) is 12.1 Å². The molecule has 0 fully saturated rings. The Bertz CT molecular complexity index is 317. The summed E-state index contributed by atoms with van der Waals surface area (Å²) in [5.74, 6) is 0.548. The minimum absolute atomic E-state index is 0.361. The summed E-state index contributed by atoms with van der Waals surface area (Å²) in [6.07, 6.45) is 0. The van der Waals surface area contributed by atoms with E-state index in [0.29, 0.717) is 11.9 Å². The first kappa shape index (κ1) is 13.3. The highest BCUT2D eigenvalue weighted by atomic mass is 35.5. The number of para-hydroxylation sites is 1. The van der Waals surface area contributed by atoms with Gasteiger partial charge in [-0.1, -0.05) is 18.2 Å². The van der Waals surface area contributed by atoms with Gasteiger partial charge in [-0.15, -0.1) is 11.6 Å². The van der Waals surface area contributed by atoms with Crippen molar-refractivity contribution in [1.29, 1.82) is 0 Å². The topological polar surface area (TPSA) is 12.5 Å². The monoisotopic (exact) mass is 241 g/mol. The average molecular weight is 242 g/mol. The lowest BCUT2D eigenvalue weighted by atomic mass is 10.1. The molecular weight excluding hydrogens is 222 g/mol. The van der Waals surface area contributed by atoms with Gasteiger partial charge in [0, 0.05) is 31.3 Å². The molecule has 90 valence electrons. The van der Waals surface area contributed by atoms with Gasteiger partial charge in [-0.2, -0.15) is 0 Å². The molecule has 0 amide bonds. The number of methoxy groups -OCH3 is 1. The van der Waals surface area contributed by atoms with Gasteiger partial charge in [-0.25, -0.2) is 0 Å². The summed E-state index contributed by atoms with van der Waals surface area (Å²) in [6, 6.07) is 8.63. The lowest BCUT2D eigenvalue weighted by Crippen LogP contribution is -2.36. The van der Waals surface area contributed by atoms with E-state index in [1.165, 1.54) is 11.3 Å². The van der Waals surface area contributed by atoms with Crippen molar-refractivity contribution < 1.29 is 4.74 Å². The van der Waals surface area contributed by atoms with E-state index in [4.69, 9.17) is 16.3 Å². The molecule has 2 nitrogen and oxygen atoms in total. The number of rotatable bonds is 6. The number of benzene rings is 1. The molecule has 1 unspecified atom stereocenters. The Morgan fingerprint density at radius 2 is 2.06 bits per heavy atom. The van der Waals surface area contributed by atoms with Crippen LogP contribution in [0.5, 0.6) is 0 Å². The third kappa shape index (κ3) is 3.13. The lowest BCUT2D eigenvalue weighted by Gasteiger charge is -2.31. The molecule has 0 saturated carbocycles. The van der Waals surface area contributed by atoms with Crippen LogP contribution >= 0.6 is 11.6 Å². The van der Waals surface area contributed by atoms with E-state index < -0.39 is 0 Å². The predicted molar refractivity (Wildman–Crippen MR) is 70.4 cm³/mol. The minimum Gasteiger partial charge on any atom is -0.383 e. The summed E-state index contributed by atoms with van der Waals surface area (Å²) < 4.78 is 5.21. The second-order valence-corrected chi connectivity index (χ2v) is 4.12. The second-order valence-electron chi connectivity index (χ2n) is 3.85. The number of alkyl halides is 1. The molecule has 1 aromatic rings. The Morgan fingerprint density at radius 1 is 1.38 bits per heavy atom. The van der Waals surface area contributed by atoms with Crippen LogP contribution in [0.15, 0.2) is 24.3 Å². The molecule has 0 heterocycles. The van der Waals surface area contributed by atoms with Crippen molar-refractivity contribution in [2.24, 2.45) is 0 Å². The van der Waals surface area contributed by atoms with Crippen LogP contribution in [-0.4, -0.2) is 26.3 Å². The fourth-order valence-electron chi connectivity index (χ4n) is 1.95. The summed E-state index contributed by atoms with van der Waals surface area (Å²) in [5, 5.41) is 0. The van der Waals surface area contributed by atoms with Crippen LogP contribution in [0, 0.1) is 0 Å². The van der Waals surface area contributed by atoms with Crippen LogP contribution in [0.3, 0.4) is 0 Å². The Kier molecular flexibility index (Phi) is 5.64. The van der Waals surface area contributed by atoms with Crippen molar-refractivity contribution in [3.8, 4) is 0 Å². The van der Waals surface area contributed by atoms with Crippen molar-refractivity contribution in [2.45, 2.75) is 25.8 Å². The molecule has 0 aliphatic heterocycles. The number of anilines is 1. The van der Waals surface area contributed by atoms with Crippen LogP contribution in [0.25, 0.3) is 0 Å². The largest absolute Gasteiger partial charge is 0.383 e. The maximum atomic E-state index is 5.96. The summed E-state index contributed by atoms with van der Waals surface area (Å²) in [4.78, 5) is 2.32. The highest BCUT2D eigenvalue weighted by Crippen LogP contribution is 2.23. The van der Waals surface area contributed by atoms with Crippen LogP contribution in [0.2, 0.25) is 0 Å². The summed E-state index contributed by atoms with van der Waals surface area (Å²) in [5.41, 5.74) is 2.39. The van der Waals surface area contributed by atoms with Gasteiger partial charge < -0.3 is 9.64 Å². The summed E-state index contributed by atoms with van der Waals surface area (Å²) in [7, 11) is 1.73. The van der Waals surface area contributed by atoms with Crippen LogP contribution in [0.1, 0.15) is 19.4 Å². The molecule has 0 aliphatic carbocycles. The molecule has 1 aromatic carbocycles. The maximum absolute atomic E-state index is 5.96. The minimum atomic E-state index is 0.361. The van der Waals surface area contributed by atoms with Crippen LogP contribution in [0.4, 0.5) is 5.69 Å². The van der Waals surface area contributed by atoms with E-state index in [0.717, 1.165) is 13.2 Å². The van der Waals surface area contributed by atoms with Crippen molar-refractivity contribution in [3.05, 3.63) is 29.8 Å². The number of hydrogen-bond acceptors (Lipinski definition) is 2. The number of hydrogen-bond donors (Lipinski definition) is 0. The number of ether oxygens (including phenoxy) is 1. The van der Waals surface area contributed by atoms with E-state index in [1.54, 1.807) is 7.11 Å². The third-order valence-corrected chi connectivity index (χ3v) is 3.01. The van der Waals surface area contributed by atoms with E-state index in [2.05, 4.69) is 30.9 Å². The van der Waals surface area contributed by atoms with Gasteiger partial charge in [0.05, 0.1) is 6.61 Å². The highest BCUT2D eigenvalue weighted by molar-refractivity contribution is 6.17. The first-order valence-corrected chi connectivity index (χ1v) is 6.17. The van der Waals surface area contributed by atoms with Gasteiger partial charge in [0.2, 0.25) is 0 Å². The Morgan fingerprint density at radius 3 is 2.62 bits per heavy atom. The smallest absolute Gasteiger partial charge is 0.0663 e. The quantitative estimate of drug-likeness (QED) is 0.709. The maximum Gasteiger partial charge on any atom is 0.0663 e. The zero-order chi connectivity index (χ0) is 12.0. The fraction of sp³-hybridized carbons (Fsp3) is 0.538. The predicted octanol–water partition coefficient (Wildman–Crippen LogP) is 3.29. The zero-order valence-corrected chi connectivity index (χ0v) is 11.0. The van der Waals surface area contributed by atoms with E-state index in [9.17, 15) is 0 Å². The molecule has 1 atom stereocenters. The van der Waals surface area contributed by atoms with Crippen LogP contribution < -0.4 is 4.90 Å². The Labute approximate surface area is 103 Å². The van der Waals surface area contributed by atoms with Gasteiger partial charge in [0.25, 0.3) is 0 Å². The van der Waals surface area contributed by atoms with Crippen LogP contribution in [-0.2, 0) is 10.6 Å². The fourth-order valence-corrected chi connectivity index (χ4v) is 2.18. The molecule has 3 heteroatoms. The molecule has 0 aliphatic rings. The molecular formula is C13H20ClNO. The Hall–Kier alpha value is -0.730. The molecule has 1 rings (SSSR count). The first-order chi connectivity index (χ1) is 7.74. The van der Waals surface area contributed by atoms with Gasteiger partial charge in [-0.3, -0.25) is 0 Å². The number of nitrogens with zero attached hydrogens (tertiary/aromatic N) is 1. The van der Waals surface area contributed by atoms with Gasteiger partial charge >= 0.3 is 0 Å². The molecule has 0 saturated heterocycles. The first-order valence-electron chi connectivity index (χ1n) is 5.64.